The van der Waals surface area contributed by atoms with Crippen LogP contribution >= 0.6 is 11.6 Å². The molecule has 4 rings (SSSR count). The Morgan fingerprint density at radius 2 is 2.00 bits per heavy atom. The lowest BCUT2D eigenvalue weighted by molar-refractivity contribution is 0.102. The predicted molar refractivity (Wildman–Crippen MR) is 110 cm³/mol. The Labute approximate surface area is 168 Å². The van der Waals surface area contributed by atoms with Crippen LogP contribution in [0.2, 0.25) is 5.02 Å². The molecule has 1 aromatic heterocycles. The largest absolute Gasteiger partial charge is 0.495 e. The van der Waals surface area contributed by atoms with Gasteiger partial charge in [0.1, 0.15) is 5.75 Å². The van der Waals surface area contributed by atoms with Gasteiger partial charge in [0, 0.05) is 17.4 Å². The van der Waals surface area contributed by atoms with Gasteiger partial charge in [-0.2, -0.15) is 0 Å². The number of para-hydroxylation sites is 1. The molecule has 0 bridgehead atoms. The summed E-state index contributed by atoms with van der Waals surface area (Å²) < 4.78 is 5.11. The van der Waals surface area contributed by atoms with Gasteiger partial charge in [-0.15, -0.1) is 10.2 Å². The normalized spacial score (nSPS) is 15.2. The van der Waals surface area contributed by atoms with Crippen LogP contribution in [0.4, 0.5) is 17.2 Å². The van der Waals surface area contributed by atoms with Gasteiger partial charge >= 0.3 is 0 Å². The zero-order valence-corrected chi connectivity index (χ0v) is 16.3. The van der Waals surface area contributed by atoms with Crippen LogP contribution < -0.4 is 15.0 Å². The molecule has 6 nitrogen and oxygen atoms in total. The summed E-state index contributed by atoms with van der Waals surface area (Å²) in [7, 11) is 1.54. The average molecular weight is 395 g/mol. The number of carbonyl (C=O) groups is 1. The molecule has 0 aliphatic carbocycles. The molecule has 1 amide bonds. The third-order valence-electron chi connectivity index (χ3n) is 4.75. The van der Waals surface area contributed by atoms with Crippen molar-refractivity contribution in [3.8, 4) is 5.75 Å². The Balaban J connectivity index is 1.52. The monoisotopic (exact) mass is 394 g/mol. The van der Waals surface area contributed by atoms with Crippen molar-refractivity contribution >= 4 is 34.7 Å². The number of hydrogen-bond donors (Lipinski definition) is 1. The molecule has 1 N–H and O–H groups in total. The highest BCUT2D eigenvalue weighted by molar-refractivity contribution is 6.32. The van der Waals surface area contributed by atoms with E-state index in [1.807, 2.05) is 18.2 Å². The van der Waals surface area contributed by atoms with E-state index in [1.165, 1.54) is 12.7 Å². The smallest absolute Gasteiger partial charge is 0.276 e. The minimum atomic E-state index is -0.352. The van der Waals surface area contributed by atoms with Crippen molar-refractivity contribution in [1.29, 1.82) is 0 Å². The second-order valence-electron chi connectivity index (χ2n) is 6.63. The average Bonchev–Trinajstić information content (AvgIpc) is 3.04. The van der Waals surface area contributed by atoms with Gasteiger partial charge in [0.25, 0.3) is 5.91 Å². The number of halogens is 1. The number of nitrogens with zero attached hydrogens (tertiary/aromatic N) is 3. The summed E-state index contributed by atoms with van der Waals surface area (Å²) in [6, 6.07) is 17.1. The quantitative estimate of drug-likeness (QED) is 0.707. The Kier molecular flexibility index (Phi) is 4.88. The molecular formula is C21H19ClN4O2. The van der Waals surface area contributed by atoms with Crippen molar-refractivity contribution in [2.75, 3.05) is 17.3 Å². The molecule has 1 aliphatic heterocycles. The number of amides is 1. The van der Waals surface area contributed by atoms with E-state index >= 15 is 0 Å². The maximum absolute atomic E-state index is 12.5. The van der Waals surface area contributed by atoms with Crippen molar-refractivity contribution in [2.24, 2.45) is 0 Å². The van der Waals surface area contributed by atoms with E-state index in [9.17, 15) is 4.79 Å². The molecule has 1 atom stereocenters. The number of nitrogens with one attached hydrogen (secondary N) is 1. The lowest BCUT2D eigenvalue weighted by Crippen LogP contribution is -2.25. The zero-order chi connectivity index (χ0) is 19.7. The van der Waals surface area contributed by atoms with Gasteiger partial charge in [0.15, 0.2) is 11.5 Å². The number of anilines is 3. The van der Waals surface area contributed by atoms with E-state index in [0.717, 1.165) is 17.9 Å². The van der Waals surface area contributed by atoms with Crippen LogP contribution in [0.3, 0.4) is 0 Å². The van der Waals surface area contributed by atoms with Crippen molar-refractivity contribution < 1.29 is 9.53 Å². The predicted octanol–water partition coefficient (Wildman–Crippen LogP) is 4.47. The first kappa shape index (κ1) is 18.3. The highest BCUT2D eigenvalue weighted by atomic mass is 35.5. The lowest BCUT2D eigenvalue weighted by atomic mass is 10.1. The van der Waals surface area contributed by atoms with E-state index in [4.69, 9.17) is 16.3 Å². The van der Waals surface area contributed by atoms with E-state index < -0.39 is 0 Å². The van der Waals surface area contributed by atoms with Crippen LogP contribution in [0, 0.1) is 0 Å². The fourth-order valence-corrected chi connectivity index (χ4v) is 3.69. The van der Waals surface area contributed by atoms with Crippen LogP contribution in [0.25, 0.3) is 0 Å². The van der Waals surface area contributed by atoms with Gasteiger partial charge in [-0.3, -0.25) is 4.79 Å². The van der Waals surface area contributed by atoms with E-state index in [-0.39, 0.29) is 17.6 Å². The second kappa shape index (κ2) is 7.48. The molecule has 3 aromatic rings. The number of aromatic nitrogens is 2. The topological polar surface area (TPSA) is 67.3 Å². The minimum absolute atomic E-state index is 0.232. The van der Waals surface area contributed by atoms with Crippen molar-refractivity contribution in [3.63, 3.8) is 0 Å². The number of rotatable bonds is 4. The number of carbonyl (C=O) groups excluding carboxylic acids is 1. The molecule has 2 aromatic carbocycles. The van der Waals surface area contributed by atoms with Gasteiger partial charge in [-0.1, -0.05) is 29.8 Å². The first-order chi connectivity index (χ1) is 13.6. The molecule has 0 spiro atoms. The SMILES string of the molecule is COc1ccc(NC(=O)c2ccc(N3c4ccccc4CC3C)nn2)cc1Cl. The summed E-state index contributed by atoms with van der Waals surface area (Å²) >= 11 is 6.10. The van der Waals surface area contributed by atoms with E-state index in [0.29, 0.717) is 16.5 Å². The third-order valence-corrected chi connectivity index (χ3v) is 5.04. The third kappa shape index (κ3) is 3.39. The van der Waals surface area contributed by atoms with Crippen molar-refractivity contribution in [3.05, 3.63) is 70.9 Å². The number of benzene rings is 2. The first-order valence-corrected chi connectivity index (χ1v) is 9.30. The fraction of sp³-hybridized carbons (Fsp3) is 0.190. The molecular weight excluding hydrogens is 376 g/mol. The molecule has 0 radical (unpaired) electrons. The Morgan fingerprint density at radius 1 is 1.18 bits per heavy atom. The number of methoxy groups -OCH3 is 1. The van der Waals surface area contributed by atoms with Gasteiger partial charge in [-0.25, -0.2) is 0 Å². The van der Waals surface area contributed by atoms with Gasteiger partial charge in [0.2, 0.25) is 0 Å². The minimum Gasteiger partial charge on any atom is -0.495 e. The highest BCUT2D eigenvalue weighted by Gasteiger charge is 2.28. The summed E-state index contributed by atoms with van der Waals surface area (Å²) in [5.41, 5.74) is 3.21. The molecule has 0 saturated carbocycles. The maximum Gasteiger partial charge on any atom is 0.276 e. The lowest BCUT2D eigenvalue weighted by Gasteiger charge is -2.23. The molecule has 142 valence electrons. The standard InChI is InChI=1S/C21H19ClN4O2/c1-13-11-14-5-3-4-6-18(14)26(13)20-10-8-17(24-25-20)21(27)23-15-7-9-19(28-2)16(22)12-15/h3-10,12-13H,11H2,1-2H3,(H,23,27). The fourth-order valence-electron chi connectivity index (χ4n) is 3.43. The van der Waals surface area contributed by atoms with Crippen LogP contribution in [-0.4, -0.2) is 29.3 Å². The molecule has 0 fully saturated rings. The Bertz CT molecular complexity index is 1020. The van der Waals surface area contributed by atoms with E-state index in [2.05, 4.69) is 39.5 Å². The summed E-state index contributed by atoms with van der Waals surface area (Å²) in [5.74, 6) is 0.917. The number of hydrogen-bond acceptors (Lipinski definition) is 5. The van der Waals surface area contributed by atoms with Crippen molar-refractivity contribution in [2.45, 2.75) is 19.4 Å². The molecule has 28 heavy (non-hydrogen) atoms. The summed E-state index contributed by atoms with van der Waals surface area (Å²) in [4.78, 5) is 14.6. The highest BCUT2D eigenvalue weighted by Crippen LogP contribution is 2.36. The molecule has 0 saturated heterocycles. The number of ether oxygens (including phenoxy) is 1. The van der Waals surface area contributed by atoms with Gasteiger partial charge in [0.05, 0.1) is 12.1 Å². The molecule has 1 aliphatic rings. The molecule has 7 heteroatoms. The van der Waals surface area contributed by atoms with Crippen molar-refractivity contribution in [1.82, 2.24) is 10.2 Å². The van der Waals surface area contributed by atoms with Crippen LogP contribution in [0.1, 0.15) is 23.0 Å². The summed E-state index contributed by atoms with van der Waals surface area (Å²) in [5, 5.41) is 11.6. The Hall–Kier alpha value is -3.12. The number of fused-ring (bicyclic) bond motifs is 1. The van der Waals surface area contributed by atoms with Crippen LogP contribution in [0.15, 0.2) is 54.6 Å². The molecule has 2 heterocycles. The van der Waals surface area contributed by atoms with Gasteiger partial charge in [-0.05, 0) is 55.3 Å². The summed E-state index contributed by atoms with van der Waals surface area (Å²) in [6.07, 6.45) is 0.957. The molecule has 1 unspecified atom stereocenters. The zero-order valence-electron chi connectivity index (χ0n) is 15.5. The first-order valence-electron chi connectivity index (χ1n) is 8.92. The van der Waals surface area contributed by atoms with Gasteiger partial charge < -0.3 is 15.0 Å². The second-order valence-corrected chi connectivity index (χ2v) is 7.04. The Morgan fingerprint density at radius 3 is 2.71 bits per heavy atom. The van der Waals surface area contributed by atoms with E-state index in [1.54, 1.807) is 24.3 Å². The van der Waals surface area contributed by atoms with Crippen LogP contribution in [-0.2, 0) is 6.42 Å². The summed E-state index contributed by atoms with van der Waals surface area (Å²) in [6.45, 7) is 2.15. The van der Waals surface area contributed by atoms with Crippen LogP contribution in [0.5, 0.6) is 5.75 Å². The maximum atomic E-state index is 12.5.